The number of aryl methyl sites for hydroxylation is 2. The van der Waals surface area contributed by atoms with Crippen molar-refractivity contribution < 1.29 is 37.2 Å². The van der Waals surface area contributed by atoms with Crippen molar-refractivity contribution in [3.05, 3.63) is 186 Å². The molecule has 62 heavy (non-hydrogen) atoms. The van der Waals surface area contributed by atoms with Crippen LogP contribution in [0.25, 0.3) is 94.4 Å². The predicted octanol–water partition coefficient (Wildman–Crippen LogP) is 15.4. The molecule has 0 unspecified atom stereocenters. The number of rotatable bonds is 6. The summed E-state index contributed by atoms with van der Waals surface area (Å²) in [7, 11) is 0. The summed E-state index contributed by atoms with van der Waals surface area (Å²) in [5.41, 5.74) is 11.7. The minimum absolute atomic E-state index is 0. The fourth-order valence-corrected chi connectivity index (χ4v) is 8.28. The maximum atomic E-state index is 7.28. The molecule has 0 amide bonds. The van der Waals surface area contributed by atoms with E-state index in [4.69, 9.17) is 22.0 Å². The van der Waals surface area contributed by atoms with Crippen molar-refractivity contribution >= 4 is 54.7 Å². The summed E-state index contributed by atoms with van der Waals surface area (Å²) >= 11 is 0. The van der Waals surface area contributed by atoms with E-state index in [0.29, 0.717) is 11.3 Å². The molecule has 0 saturated carbocycles. The zero-order valence-corrected chi connectivity index (χ0v) is 37.0. The predicted molar refractivity (Wildman–Crippen MR) is 251 cm³/mol. The number of hydrogen-bond acceptors (Lipinski definition) is 4. The molecule has 0 spiro atoms. The van der Waals surface area contributed by atoms with Gasteiger partial charge in [0.1, 0.15) is 16.9 Å². The number of pyridine rings is 1. The first kappa shape index (κ1) is 34.0. The van der Waals surface area contributed by atoms with Gasteiger partial charge in [0.25, 0.3) is 0 Å². The van der Waals surface area contributed by atoms with Crippen LogP contribution in [0, 0.1) is 25.8 Å². The van der Waals surface area contributed by atoms with E-state index in [0.717, 1.165) is 83.1 Å². The summed E-state index contributed by atoms with van der Waals surface area (Å²) < 4.78 is 59.2. The molecular formula is C56H45IrN3O2-2. The van der Waals surface area contributed by atoms with Gasteiger partial charge in [0.2, 0.25) is 0 Å². The molecule has 0 fully saturated rings. The van der Waals surface area contributed by atoms with E-state index in [2.05, 4.69) is 146 Å². The van der Waals surface area contributed by atoms with Gasteiger partial charge < -0.3 is 18.4 Å². The van der Waals surface area contributed by atoms with E-state index < -0.39 is 13.7 Å². The van der Waals surface area contributed by atoms with E-state index >= 15 is 0 Å². The summed E-state index contributed by atoms with van der Waals surface area (Å²) in [5, 5.41) is 5.52. The van der Waals surface area contributed by atoms with E-state index in [9.17, 15) is 0 Å². The number of furan rings is 2. The third kappa shape index (κ3) is 7.34. The molecule has 7 aromatic carbocycles. The third-order valence-corrected chi connectivity index (χ3v) is 11.3. The minimum Gasteiger partial charge on any atom is -0.500 e. The van der Waals surface area contributed by atoms with Crippen LogP contribution in [0.1, 0.15) is 70.0 Å². The average Bonchev–Trinajstić information content (AvgIpc) is 4.05. The van der Waals surface area contributed by atoms with Gasteiger partial charge in [0.15, 0.2) is 0 Å². The van der Waals surface area contributed by atoms with E-state index in [-0.39, 0.29) is 43.1 Å². The van der Waals surface area contributed by atoms with Crippen LogP contribution in [0.2, 0.25) is 0 Å². The molecule has 5 nitrogen and oxygen atoms in total. The summed E-state index contributed by atoms with van der Waals surface area (Å²) in [6.45, 7) is 4.72. The summed E-state index contributed by atoms with van der Waals surface area (Å²) in [6.07, 6.45) is 1.30. The molecule has 11 rings (SSSR count). The second-order valence-corrected chi connectivity index (χ2v) is 16.0. The minimum atomic E-state index is -2.18. The van der Waals surface area contributed by atoms with Gasteiger partial charge in [-0.05, 0) is 82.9 Å². The Balaban J connectivity index is 0.000000232. The molecule has 307 valence electrons. The SMILES string of the molecule is CC(C)c1cc(-c2cc3ccccc3o2)cc(C(C)C)c1-n1c(-c2[c-]ccc3c2oc2c4ccccc4ccc32)nc2ccccc21.[2H]C([2H])([2H])c1c[c-]c(-c2ccc(C([2H])([2H])[2H])cn2)cc1.[Ir]. The molecular weight excluding hydrogens is 939 g/mol. The van der Waals surface area contributed by atoms with Crippen molar-refractivity contribution in [3.8, 4) is 39.7 Å². The van der Waals surface area contributed by atoms with Crippen molar-refractivity contribution in [2.45, 2.75) is 53.2 Å². The van der Waals surface area contributed by atoms with Gasteiger partial charge in [-0.1, -0.05) is 124 Å². The van der Waals surface area contributed by atoms with Crippen LogP contribution < -0.4 is 0 Å². The Kier molecular flexibility index (Phi) is 9.17. The Morgan fingerprint density at radius 2 is 1.37 bits per heavy atom. The molecule has 0 saturated heterocycles. The van der Waals surface area contributed by atoms with E-state index in [1.807, 2.05) is 18.2 Å². The third-order valence-electron chi connectivity index (χ3n) is 11.3. The molecule has 0 aliphatic rings. The number of aromatic nitrogens is 3. The number of nitrogens with zero attached hydrogens (tertiary/aromatic N) is 3. The first-order valence-corrected chi connectivity index (χ1v) is 20.5. The number of para-hydroxylation sites is 3. The van der Waals surface area contributed by atoms with Gasteiger partial charge in [-0.25, -0.2) is 0 Å². The van der Waals surface area contributed by atoms with Crippen molar-refractivity contribution in [3.63, 3.8) is 0 Å². The fourth-order valence-electron chi connectivity index (χ4n) is 8.28. The Bertz CT molecular complexity index is 3500. The van der Waals surface area contributed by atoms with Crippen molar-refractivity contribution in [1.29, 1.82) is 0 Å². The second-order valence-electron chi connectivity index (χ2n) is 16.0. The monoisotopic (exact) mass is 990 g/mol. The van der Waals surface area contributed by atoms with Gasteiger partial charge >= 0.3 is 0 Å². The number of hydrogen-bond donors (Lipinski definition) is 0. The first-order chi connectivity index (χ1) is 32.1. The fraction of sp³-hybridized carbons (Fsp3) is 0.143. The van der Waals surface area contributed by atoms with Crippen LogP contribution in [-0.4, -0.2) is 14.5 Å². The smallest absolute Gasteiger partial charge is 0.135 e. The van der Waals surface area contributed by atoms with Crippen LogP contribution in [0.5, 0.6) is 0 Å². The van der Waals surface area contributed by atoms with Crippen LogP contribution >= 0.6 is 0 Å². The van der Waals surface area contributed by atoms with E-state index in [1.54, 1.807) is 12.1 Å². The van der Waals surface area contributed by atoms with E-state index in [1.165, 1.54) is 35.5 Å². The van der Waals surface area contributed by atoms with Crippen molar-refractivity contribution in [1.82, 2.24) is 14.5 Å². The Hall–Kier alpha value is -6.59. The molecule has 0 aliphatic heterocycles. The van der Waals surface area contributed by atoms with Crippen LogP contribution in [0.15, 0.2) is 161 Å². The van der Waals surface area contributed by atoms with Gasteiger partial charge in [-0.2, -0.15) is 0 Å². The average molecular weight is 990 g/mol. The zero-order chi connectivity index (χ0) is 46.8. The maximum Gasteiger partial charge on any atom is 0.135 e. The number of fused-ring (bicyclic) bond motifs is 7. The molecule has 4 aromatic heterocycles. The summed E-state index contributed by atoms with van der Waals surface area (Å²) in [5.74, 6) is 2.17. The molecule has 6 heteroatoms. The topological polar surface area (TPSA) is 57.0 Å². The number of benzene rings is 7. The quantitative estimate of drug-likeness (QED) is 0.156. The molecule has 0 bridgehead atoms. The van der Waals surface area contributed by atoms with Crippen LogP contribution in [0.4, 0.5) is 0 Å². The Morgan fingerprint density at radius 3 is 2.10 bits per heavy atom. The molecule has 11 aromatic rings. The molecule has 0 N–H and O–H groups in total. The standard InChI is InChI=1S/C43H33N2O2.C13H12N.Ir/c1-25(2)34-22-29(39-24-28-13-6-10-19-38(28)46-39)23-35(26(3)4)40(34)45-37-18-9-8-17-36(37)44-43(45)33-16-11-15-31-32-21-20-27-12-5-7-14-30(27)41(32)47-42(31)33;1-10-3-6-12(7-4-10)13-8-5-11(2)9-14-13;/h5-15,17-26H,1-4H3;3-6,8-9H,1-2H3;/q2*-1;/i;1D3,2D3;. The zero-order valence-electron chi connectivity index (χ0n) is 40.6. The van der Waals surface area contributed by atoms with Gasteiger partial charge in [-0.15, -0.1) is 53.6 Å². The molecule has 4 heterocycles. The Morgan fingerprint density at radius 1 is 0.645 bits per heavy atom. The first-order valence-electron chi connectivity index (χ1n) is 23.5. The van der Waals surface area contributed by atoms with Crippen molar-refractivity contribution in [2.75, 3.05) is 0 Å². The van der Waals surface area contributed by atoms with Gasteiger partial charge in [0.05, 0.1) is 22.4 Å². The number of imidazole rings is 1. The molecule has 0 aliphatic carbocycles. The van der Waals surface area contributed by atoms with Gasteiger partial charge in [-0.3, -0.25) is 4.98 Å². The molecule has 0 atom stereocenters. The summed E-state index contributed by atoms with van der Waals surface area (Å²) in [4.78, 5) is 9.38. The molecule has 1 radical (unpaired) electrons. The summed E-state index contributed by atoms with van der Waals surface area (Å²) in [6, 6.07) is 54.2. The Labute approximate surface area is 383 Å². The van der Waals surface area contributed by atoms with Crippen LogP contribution in [0.3, 0.4) is 0 Å². The van der Waals surface area contributed by atoms with Crippen LogP contribution in [-0.2, 0) is 20.1 Å². The normalized spacial score (nSPS) is 13.4. The largest absolute Gasteiger partial charge is 0.500 e. The van der Waals surface area contributed by atoms with Gasteiger partial charge in [0, 0.05) is 61.9 Å². The second kappa shape index (κ2) is 16.7. The maximum absolute atomic E-state index is 7.28. The van der Waals surface area contributed by atoms with Crippen molar-refractivity contribution in [2.24, 2.45) is 0 Å².